The molecule has 2 amide bonds. The van der Waals surface area contributed by atoms with Gasteiger partial charge in [-0.1, -0.05) is 24.3 Å². The number of hydrogen-bond acceptors (Lipinski definition) is 6. The molecule has 2 aromatic rings. The molecule has 4 atom stereocenters. The van der Waals surface area contributed by atoms with Gasteiger partial charge in [-0.3, -0.25) is 9.59 Å². The van der Waals surface area contributed by atoms with Crippen LogP contribution in [0.1, 0.15) is 13.8 Å². The molecule has 8 heteroatoms. The minimum absolute atomic E-state index is 0.281. The van der Waals surface area contributed by atoms with E-state index in [1.165, 1.54) is 0 Å². The topological polar surface area (TPSA) is 95.1 Å². The Morgan fingerprint density at radius 3 is 1.50 bits per heavy atom. The van der Waals surface area contributed by atoms with Crippen molar-refractivity contribution in [2.45, 2.75) is 38.1 Å². The van der Waals surface area contributed by atoms with Gasteiger partial charge in [0.2, 0.25) is 0 Å². The molecular formula is C22H24N2O6. The summed E-state index contributed by atoms with van der Waals surface area (Å²) in [4.78, 5) is 24.7. The van der Waals surface area contributed by atoms with Crippen molar-refractivity contribution in [3.05, 3.63) is 48.5 Å². The van der Waals surface area contributed by atoms with E-state index < -0.39 is 36.1 Å². The van der Waals surface area contributed by atoms with Crippen molar-refractivity contribution in [1.29, 1.82) is 0 Å². The highest BCUT2D eigenvalue weighted by atomic mass is 16.6. The standard InChI is InChI=1S/C22H24N2O6/c1-13(19-11-27-15-7-3-5-9-17(15)29-19)23-21(25)22(26)24-14(2)20-12-28-16-8-4-6-10-18(16)30-20/h3-10,13-14,19-20H,11-12H2,1-2H3,(H,23,25)(H,24,26)/t13-,14+,19-,20-/m1/s1. The van der Waals surface area contributed by atoms with E-state index in [0.29, 0.717) is 23.0 Å². The Morgan fingerprint density at radius 1 is 0.733 bits per heavy atom. The zero-order valence-corrected chi connectivity index (χ0v) is 16.8. The van der Waals surface area contributed by atoms with Gasteiger partial charge in [-0.15, -0.1) is 0 Å². The molecule has 0 unspecified atom stereocenters. The van der Waals surface area contributed by atoms with Crippen molar-refractivity contribution in [3.8, 4) is 23.0 Å². The Bertz CT molecular complexity index is 858. The van der Waals surface area contributed by atoms with Gasteiger partial charge in [-0.25, -0.2) is 0 Å². The van der Waals surface area contributed by atoms with Gasteiger partial charge in [-0.2, -0.15) is 0 Å². The van der Waals surface area contributed by atoms with E-state index in [0.717, 1.165) is 0 Å². The lowest BCUT2D eigenvalue weighted by atomic mass is 10.1. The summed E-state index contributed by atoms with van der Waals surface area (Å²) >= 11 is 0. The predicted molar refractivity (Wildman–Crippen MR) is 108 cm³/mol. The lowest BCUT2D eigenvalue weighted by Gasteiger charge is -2.31. The third-order valence-corrected chi connectivity index (χ3v) is 5.10. The Balaban J connectivity index is 1.28. The highest BCUT2D eigenvalue weighted by Crippen LogP contribution is 2.32. The number of rotatable bonds is 4. The first-order chi connectivity index (χ1) is 14.5. The van der Waals surface area contributed by atoms with Gasteiger partial charge in [0.05, 0.1) is 12.1 Å². The quantitative estimate of drug-likeness (QED) is 0.742. The summed E-state index contributed by atoms with van der Waals surface area (Å²) < 4.78 is 23.1. The van der Waals surface area contributed by atoms with Gasteiger partial charge in [-0.05, 0) is 38.1 Å². The molecule has 0 radical (unpaired) electrons. The lowest BCUT2D eigenvalue weighted by Crippen LogP contribution is -2.55. The molecule has 0 fully saturated rings. The maximum Gasteiger partial charge on any atom is 0.309 e. The molecule has 30 heavy (non-hydrogen) atoms. The van der Waals surface area contributed by atoms with Crippen LogP contribution in [0.2, 0.25) is 0 Å². The molecule has 0 bridgehead atoms. The van der Waals surface area contributed by atoms with Crippen LogP contribution in [0.3, 0.4) is 0 Å². The molecule has 0 aliphatic carbocycles. The molecule has 158 valence electrons. The van der Waals surface area contributed by atoms with E-state index in [-0.39, 0.29) is 13.2 Å². The van der Waals surface area contributed by atoms with Gasteiger partial charge in [0.25, 0.3) is 0 Å². The molecule has 4 rings (SSSR count). The Hall–Kier alpha value is -3.42. The molecule has 2 aromatic carbocycles. The summed E-state index contributed by atoms with van der Waals surface area (Å²) in [6.07, 6.45) is -0.804. The fourth-order valence-corrected chi connectivity index (χ4v) is 3.29. The molecule has 2 aliphatic rings. The van der Waals surface area contributed by atoms with Gasteiger partial charge in [0.1, 0.15) is 13.2 Å². The molecule has 8 nitrogen and oxygen atoms in total. The number of para-hydroxylation sites is 4. The Labute approximate surface area is 174 Å². The average Bonchev–Trinajstić information content (AvgIpc) is 2.78. The van der Waals surface area contributed by atoms with Crippen LogP contribution in [0, 0.1) is 0 Å². The van der Waals surface area contributed by atoms with E-state index in [2.05, 4.69) is 10.6 Å². The smallest absolute Gasteiger partial charge is 0.309 e. The zero-order chi connectivity index (χ0) is 21.1. The summed E-state index contributed by atoms with van der Waals surface area (Å²) in [6.45, 7) is 4.10. The normalized spacial score (nSPS) is 21.1. The van der Waals surface area contributed by atoms with Gasteiger partial charge < -0.3 is 29.6 Å². The fourth-order valence-electron chi connectivity index (χ4n) is 3.29. The van der Waals surface area contributed by atoms with E-state index in [4.69, 9.17) is 18.9 Å². The largest absolute Gasteiger partial charge is 0.486 e. The lowest BCUT2D eigenvalue weighted by molar-refractivity contribution is -0.140. The first kappa shape index (κ1) is 19.9. The maximum atomic E-state index is 12.4. The van der Waals surface area contributed by atoms with Gasteiger partial charge in [0.15, 0.2) is 35.2 Å². The van der Waals surface area contributed by atoms with Crippen LogP contribution in [0.5, 0.6) is 23.0 Å². The van der Waals surface area contributed by atoms with Crippen LogP contribution >= 0.6 is 0 Å². The second kappa shape index (κ2) is 8.52. The summed E-state index contributed by atoms with van der Waals surface area (Å²) in [6, 6.07) is 13.8. The Kier molecular flexibility index (Phi) is 5.65. The van der Waals surface area contributed by atoms with E-state index in [1.807, 2.05) is 36.4 Å². The minimum Gasteiger partial charge on any atom is -0.486 e. The van der Waals surface area contributed by atoms with Crippen molar-refractivity contribution in [1.82, 2.24) is 10.6 Å². The van der Waals surface area contributed by atoms with E-state index >= 15 is 0 Å². The fraction of sp³-hybridized carbons (Fsp3) is 0.364. The van der Waals surface area contributed by atoms with Gasteiger partial charge >= 0.3 is 11.8 Å². The van der Waals surface area contributed by atoms with Crippen LogP contribution in [0.4, 0.5) is 0 Å². The summed E-state index contributed by atoms with van der Waals surface area (Å²) in [5.74, 6) is 1.07. The number of amides is 2. The molecule has 2 N–H and O–H groups in total. The van der Waals surface area contributed by atoms with Crippen molar-refractivity contribution in [2.75, 3.05) is 13.2 Å². The third kappa shape index (κ3) is 4.27. The SMILES string of the molecule is C[C@H](NC(=O)C(=O)N[C@H](C)[C@H]1COc2ccccc2O1)[C@H]1COc2ccccc2O1. The monoisotopic (exact) mass is 412 g/mol. The van der Waals surface area contributed by atoms with Crippen molar-refractivity contribution >= 4 is 11.8 Å². The van der Waals surface area contributed by atoms with E-state index in [1.54, 1.807) is 26.0 Å². The number of ether oxygens (including phenoxy) is 4. The Morgan fingerprint density at radius 2 is 1.10 bits per heavy atom. The van der Waals surface area contributed by atoms with E-state index in [9.17, 15) is 9.59 Å². The van der Waals surface area contributed by atoms with Crippen LogP contribution in [-0.2, 0) is 9.59 Å². The van der Waals surface area contributed by atoms with Crippen molar-refractivity contribution < 1.29 is 28.5 Å². The second-order valence-electron chi connectivity index (χ2n) is 7.35. The van der Waals surface area contributed by atoms with Crippen molar-refractivity contribution in [3.63, 3.8) is 0 Å². The molecule has 0 spiro atoms. The molecular weight excluding hydrogens is 388 g/mol. The minimum atomic E-state index is -0.742. The number of benzene rings is 2. The number of fused-ring (bicyclic) bond motifs is 2. The zero-order valence-electron chi connectivity index (χ0n) is 16.8. The third-order valence-electron chi connectivity index (χ3n) is 5.10. The molecule has 0 saturated heterocycles. The first-order valence-electron chi connectivity index (χ1n) is 9.89. The van der Waals surface area contributed by atoms with Gasteiger partial charge in [0, 0.05) is 0 Å². The van der Waals surface area contributed by atoms with Crippen LogP contribution in [0.15, 0.2) is 48.5 Å². The molecule has 0 saturated carbocycles. The van der Waals surface area contributed by atoms with Crippen LogP contribution in [0.25, 0.3) is 0 Å². The number of hydrogen-bond donors (Lipinski definition) is 2. The van der Waals surface area contributed by atoms with Crippen LogP contribution < -0.4 is 29.6 Å². The van der Waals surface area contributed by atoms with Crippen molar-refractivity contribution in [2.24, 2.45) is 0 Å². The maximum absolute atomic E-state index is 12.4. The average molecular weight is 412 g/mol. The number of nitrogens with one attached hydrogen (secondary N) is 2. The van der Waals surface area contributed by atoms with Crippen LogP contribution in [-0.4, -0.2) is 49.3 Å². The summed E-state index contributed by atoms with van der Waals surface area (Å²) in [5.41, 5.74) is 0. The predicted octanol–water partition coefficient (Wildman–Crippen LogP) is 1.68. The molecule has 2 aliphatic heterocycles. The first-order valence-corrected chi connectivity index (χ1v) is 9.89. The second-order valence-corrected chi connectivity index (χ2v) is 7.35. The number of carbonyl (C=O) groups is 2. The number of carbonyl (C=O) groups excluding carboxylic acids is 2. The summed E-state index contributed by atoms with van der Waals surface area (Å²) in [7, 11) is 0. The summed E-state index contributed by atoms with van der Waals surface area (Å²) in [5, 5.41) is 5.35. The highest BCUT2D eigenvalue weighted by molar-refractivity contribution is 6.35. The molecule has 2 heterocycles. The highest BCUT2D eigenvalue weighted by Gasteiger charge is 2.31. The molecule has 0 aromatic heterocycles.